The molecule has 0 aliphatic rings. The van der Waals surface area contributed by atoms with Crippen molar-refractivity contribution in [1.82, 2.24) is 0 Å². The Labute approximate surface area is 112 Å². The van der Waals surface area contributed by atoms with E-state index in [-0.39, 0.29) is 6.16 Å². The van der Waals surface area contributed by atoms with E-state index in [1.54, 1.807) is 43.5 Å². The number of rotatable bonds is 5. The summed E-state index contributed by atoms with van der Waals surface area (Å²) >= 11 is 0. The van der Waals surface area contributed by atoms with Crippen molar-refractivity contribution >= 4 is 7.60 Å². The Morgan fingerprint density at radius 1 is 1.00 bits per heavy atom. The summed E-state index contributed by atoms with van der Waals surface area (Å²) in [5.41, 5.74) is 0.766. The molecular formula is C14H15O4P. The summed E-state index contributed by atoms with van der Waals surface area (Å²) in [6.07, 6.45) is -0.0140. The second-order valence-corrected chi connectivity index (χ2v) is 5.82. The first-order valence-electron chi connectivity index (χ1n) is 5.78. The zero-order valence-electron chi connectivity index (χ0n) is 10.5. The lowest BCUT2D eigenvalue weighted by Gasteiger charge is -2.13. The van der Waals surface area contributed by atoms with Crippen molar-refractivity contribution in [3.8, 4) is 11.5 Å². The van der Waals surface area contributed by atoms with E-state index in [2.05, 4.69) is 0 Å². The topological polar surface area (TPSA) is 55.8 Å². The van der Waals surface area contributed by atoms with Gasteiger partial charge in [0.05, 0.1) is 13.3 Å². The molecule has 2 aromatic carbocycles. The summed E-state index contributed by atoms with van der Waals surface area (Å²) in [6.45, 7) is 0. The van der Waals surface area contributed by atoms with Crippen molar-refractivity contribution in [3.63, 3.8) is 0 Å². The van der Waals surface area contributed by atoms with Gasteiger partial charge in [-0.1, -0.05) is 30.3 Å². The molecule has 1 N–H and O–H groups in total. The zero-order valence-corrected chi connectivity index (χ0v) is 11.4. The number of methoxy groups -OCH3 is 1. The van der Waals surface area contributed by atoms with E-state index in [1.807, 2.05) is 18.2 Å². The van der Waals surface area contributed by atoms with Gasteiger partial charge >= 0.3 is 7.60 Å². The predicted octanol–water partition coefficient (Wildman–Crippen LogP) is 3.46. The second kappa shape index (κ2) is 5.91. The molecule has 0 aromatic heterocycles. The highest BCUT2D eigenvalue weighted by atomic mass is 31.2. The summed E-state index contributed by atoms with van der Waals surface area (Å²) in [6, 6.07) is 15.6. The van der Waals surface area contributed by atoms with Crippen molar-refractivity contribution in [2.75, 3.05) is 7.11 Å². The Hall–Kier alpha value is -1.77. The summed E-state index contributed by atoms with van der Waals surface area (Å²) < 4.78 is 22.2. The first kappa shape index (κ1) is 13.7. The molecular weight excluding hydrogens is 263 g/mol. The molecule has 2 rings (SSSR count). The van der Waals surface area contributed by atoms with Gasteiger partial charge in [0.25, 0.3) is 0 Å². The normalized spacial score (nSPS) is 13.6. The van der Waals surface area contributed by atoms with Gasteiger partial charge in [0.2, 0.25) is 0 Å². The third-order valence-corrected chi connectivity index (χ3v) is 3.79. The van der Waals surface area contributed by atoms with Crippen LogP contribution in [0.4, 0.5) is 0 Å². The van der Waals surface area contributed by atoms with Gasteiger partial charge in [-0.3, -0.25) is 0 Å². The maximum absolute atomic E-state index is 12.0. The van der Waals surface area contributed by atoms with Crippen LogP contribution in [0.3, 0.4) is 0 Å². The Balaban J connectivity index is 2.06. The molecule has 0 aliphatic carbocycles. The van der Waals surface area contributed by atoms with Gasteiger partial charge in [-0.15, -0.1) is 0 Å². The Morgan fingerprint density at radius 2 is 1.58 bits per heavy atom. The molecule has 0 fully saturated rings. The maximum atomic E-state index is 12.0. The van der Waals surface area contributed by atoms with Gasteiger partial charge in [-0.05, 0) is 29.8 Å². The maximum Gasteiger partial charge on any atom is 0.380 e. The lowest BCUT2D eigenvalue weighted by Crippen LogP contribution is -1.96. The fourth-order valence-corrected chi connectivity index (χ4v) is 2.84. The zero-order chi connectivity index (χ0) is 13.7. The van der Waals surface area contributed by atoms with Crippen molar-refractivity contribution in [2.24, 2.45) is 0 Å². The van der Waals surface area contributed by atoms with Crippen molar-refractivity contribution in [3.05, 3.63) is 60.2 Å². The molecule has 0 aliphatic heterocycles. The summed E-state index contributed by atoms with van der Waals surface area (Å²) in [5, 5.41) is 0. The largest absolute Gasteiger partial charge is 0.497 e. The molecule has 0 saturated carbocycles. The van der Waals surface area contributed by atoms with Crippen LogP contribution in [0.5, 0.6) is 11.5 Å². The standard InChI is InChI=1S/C14H15O4P/c1-17-13-7-9-14(10-8-13)18-19(15,16)11-12-5-3-2-4-6-12/h2-10H,11H2,1H3,(H,15,16). The molecule has 0 spiro atoms. The third-order valence-electron chi connectivity index (χ3n) is 2.53. The fourth-order valence-electron chi connectivity index (χ4n) is 1.65. The lowest BCUT2D eigenvalue weighted by molar-refractivity contribution is 0.377. The minimum absolute atomic E-state index is 0.0140. The van der Waals surface area contributed by atoms with Crippen LogP contribution in [0, 0.1) is 0 Å². The van der Waals surface area contributed by atoms with Crippen LogP contribution in [0.1, 0.15) is 5.56 Å². The number of hydrogen-bond acceptors (Lipinski definition) is 3. The molecule has 0 bridgehead atoms. The second-order valence-electron chi connectivity index (χ2n) is 4.05. The fraction of sp³-hybridized carbons (Fsp3) is 0.143. The van der Waals surface area contributed by atoms with Crippen LogP contribution >= 0.6 is 7.60 Å². The van der Waals surface area contributed by atoms with E-state index < -0.39 is 7.60 Å². The smallest absolute Gasteiger partial charge is 0.380 e. The third kappa shape index (κ3) is 4.12. The highest BCUT2D eigenvalue weighted by Gasteiger charge is 2.21. The SMILES string of the molecule is COc1ccc(OP(=O)(O)Cc2ccccc2)cc1. The van der Waals surface area contributed by atoms with E-state index in [9.17, 15) is 9.46 Å². The summed E-state index contributed by atoms with van der Waals surface area (Å²) in [7, 11) is -2.14. The van der Waals surface area contributed by atoms with E-state index in [1.165, 1.54) is 0 Å². The average Bonchev–Trinajstić information content (AvgIpc) is 2.39. The minimum atomic E-state index is -3.70. The van der Waals surface area contributed by atoms with E-state index >= 15 is 0 Å². The Morgan fingerprint density at radius 3 is 2.16 bits per heavy atom. The molecule has 4 nitrogen and oxygen atoms in total. The number of benzene rings is 2. The van der Waals surface area contributed by atoms with Crippen molar-refractivity contribution in [1.29, 1.82) is 0 Å². The van der Waals surface area contributed by atoms with Gasteiger partial charge in [-0.25, -0.2) is 4.57 Å². The highest BCUT2D eigenvalue weighted by Crippen LogP contribution is 2.46. The van der Waals surface area contributed by atoms with Crippen LogP contribution in [-0.4, -0.2) is 12.0 Å². The van der Waals surface area contributed by atoms with Gasteiger partial charge in [-0.2, -0.15) is 0 Å². The Bertz CT molecular complexity index is 566. The lowest BCUT2D eigenvalue weighted by atomic mass is 10.2. The molecule has 1 atom stereocenters. The van der Waals surface area contributed by atoms with E-state index in [0.717, 1.165) is 5.56 Å². The minimum Gasteiger partial charge on any atom is -0.497 e. The van der Waals surface area contributed by atoms with Gasteiger partial charge in [0, 0.05) is 0 Å². The molecule has 0 saturated heterocycles. The molecule has 5 heteroatoms. The first-order chi connectivity index (χ1) is 9.09. The van der Waals surface area contributed by atoms with Crippen LogP contribution in [-0.2, 0) is 10.7 Å². The summed E-state index contributed by atoms with van der Waals surface area (Å²) in [5.74, 6) is 1.02. The van der Waals surface area contributed by atoms with Crippen LogP contribution in [0.25, 0.3) is 0 Å². The van der Waals surface area contributed by atoms with Crippen LogP contribution in [0.2, 0.25) is 0 Å². The van der Waals surface area contributed by atoms with E-state index in [4.69, 9.17) is 9.26 Å². The predicted molar refractivity (Wildman–Crippen MR) is 73.6 cm³/mol. The first-order valence-corrected chi connectivity index (χ1v) is 7.55. The number of hydrogen-bond donors (Lipinski definition) is 1. The summed E-state index contributed by atoms with van der Waals surface area (Å²) in [4.78, 5) is 9.85. The average molecular weight is 278 g/mol. The highest BCUT2D eigenvalue weighted by molar-refractivity contribution is 7.52. The van der Waals surface area contributed by atoms with Gasteiger partial charge < -0.3 is 14.2 Å². The number of ether oxygens (including phenoxy) is 1. The van der Waals surface area contributed by atoms with Crippen LogP contribution in [0.15, 0.2) is 54.6 Å². The van der Waals surface area contributed by atoms with E-state index in [0.29, 0.717) is 11.5 Å². The molecule has 1 unspecified atom stereocenters. The molecule has 19 heavy (non-hydrogen) atoms. The van der Waals surface area contributed by atoms with Gasteiger partial charge in [0.1, 0.15) is 11.5 Å². The quantitative estimate of drug-likeness (QED) is 0.851. The molecule has 100 valence electrons. The van der Waals surface area contributed by atoms with Crippen molar-refractivity contribution in [2.45, 2.75) is 6.16 Å². The Kier molecular flexibility index (Phi) is 4.25. The van der Waals surface area contributed by atoms with Crippen LogP contribution < -0.4 is 9.26 Å². The monoisotopic (exact) mass is 278 g/mol. The molecule has 0 radical (unpaired) electrons. The van der Waals surface area contributed by atoms with Crippen molar-refractivity contribution < 1.29 is 18.7 Å². The molecule has 0 amide bonds. The molecule has 2 aromatic rings. The molecule has 0 heterocycles. The van der Waals surface area contributed by atoms with Gasteiger partial charge in [0.15, 0.2) is 0 Å².